The normalized spacial score (nSPS) is 10.2. The maximum absolute atomic E-state index is 10.6. The summed E-state index contributed by atoms with van der Waals surface area (Å²) in [7, 11) is 0. The van der Waals surface area contributed by atoms with Gasteiger partial charge in [0.2, 0.25) is 0 Å². The fourth-order valence-corrected chi connectivity index (χ4v) is 1.84. The van der Waals surface area contributed by atoms with E-state index in [2.05, 4.69) is 5.32 Å². The first-order valence-electron chi connectivity index (χ1n) is 5.48. The van der Waals surface area contributed by atoms with Gasteiger partial charge in [-0.3, -0.25) is 10.1 Å². The molecule has 2 aromatic carbocycles. The molecule has 0 aliphatic heterocycles. The molecule has 5 nitrogen and oxygen atoms in total. The Bertz CT molecular complexity index is 644. The molecule has 2 rings (SSSR count). The van der Waals surface area contributed by atoms with Crippen molar-refractivity contribution in [3.8, 4) is 5.75 Å². The molecule has 0 spiro atoms. The monoisotopic (exact) mass is 278 g/mol. The lowest BCUT2D eigenvalue weighted by Crippen LogP contribution is -1.94. The molecule has 0 aromatic heterocycles. The highest BCUT2D eigenvalue weighted by atomic mass is 35.5. The summed E-state index contributed by atoms with van der Waals surface area (Å²) in [5, 5.41) is 23.5. The number of rotatable bonds is 3. The maximum atomic E-state index is 10.6. The first-order valence-corrected chi connectivity index (χ1v) is 5.86. The summed E-state index contributed by atoms with van der Waals surface area (Å²) < 4.78 is 0. The largest absolute Gasteiger partial charge is 0.506 e. The van der Waals surface area contributed by atoms with Gasteiger partial charge in [-0.15, -0.1) is 0 Å². The fraction of sp³-hybridized carbons (Fsp3) is 0.0769. The molecule has 0 aliphatic carbocycles. The third-order valence-electron chi connectivity index (χ3n) is 2.58. The molecular weight excluding hydrogens is 268 g/mol. The predicted octanol–water partition coefficient (Wildman–Crippen LogP) is 4.01. The number of halogens is 1. The van der Waals surface area contributed by atoms with E-state index in [4.69, 9.17) is 11.6 Å². The minimum absolute atomic E-state index is 0.0796. The Hall–Kier alpha value is -2.27. The molecular formula is C13H11ClN2O3. The summed E-state index contributed by atoms with van der Waals surface area (Å²) in [6.45, 7) is 1.89. The number of nitro benzene ring substituents is 1. The third kappa shape index (κ3) is 2.95. The van der Waals surface area contributed by atoms with Crippen LogP contribution in [0.5, 0.6) is 5.75 Å². The highest BCUT2D eigenvalue weighted by Gasteiger charge is 2.10. The topological polar surface area (TPSA) is 75.4 Å². The van der Waals surface area contributed by atoms with Crippen molar-refractivity contribution < 1.29 is 10.0 Å². The lowest BCUT2D eigenvalue weighted by molar-refractivity contribution is -0.384. The van der Waals surface area contributed by atoms with E-state index in [9.17, 15) is 15.2 Å². The van der Waals surface area contributed by atoms with Crippen molar-refractivity contribution in [2.24, 2.45) is 0 Å². The minimum atomic E-state index is -0.514. The number of phenols is 1. The van der Waals surface area contributed by atoms with E-state index in [0.29, 0.717) is 11.4 Å². The van der Waals surface area contributed by atoms with Crippen molar-refractivity contribution in [2.45, 2.75) is 6.92 Å². The molecule has 0 radical (unpaired) electrons. The molecule has 0 unspecified atom stereocenters. The minimum Gasteiger partial charge on any atom is -0.506 e. The van der Waals surface area contributed by atoms with Crippen LogP contribution in [0.25, 0.3) is 0 Å². The number of nitrogens with one attached hydrogen (secondary N) is 1. The molecule has 0 saturated heterocycles. The third-order valence-corrected chi connectivity index (χ3v) is 2.90. The molecule has 6 heteroatoms. The summed E-state index contributed by atoms with van der Waals surface area (Å²) >= 11 is 5.97. The number of benzene rings is 2. The molecule has 98 valence electrons. The van der Waals surface area contributed by atoms with Crippen LogP contribution in [0.1, 0.15) is 5.56 Å². The van der Waals surface area contributed by atoms with Crippen molar-refractivity contribution in [2.75, 3.05) is 5.32 Å². The Morgan fingerprint density at radius 1 is 1.21 bits per heavy atom. The number of anilines is 2. The number of hydrogen-bond acceptors (Lipinski definition) is 4. The SMILES string of the molecule is Cc1ccc(O)c(Nc2ccc([N+](=O)[O-])cc2Cl)c1. The van der Waals surface area contributed by atoms with Gasteiger partial charge in [0, 0.05) is 12.1 Å². The second-order valence-corrected chi connectivity index (χ2v) is 4.47. The zero-order chi connectivity index (χ0) is 14.0. The van der Waals surface area contributed by atoms with Gasteiger partial charge in [-0.25, -0.2) is 0 Å². The summed E-state index contributed by atoms with van der Waals surface area (Å²) in [5.74, 6) is 0.0834. The highest BCUT2D eigenvalue weighted by Crippen LogP contribution is 2.32. The molecule has 0 saturated carbocycles. The van der Waals surface area contributed by atoms with Gasteiger partial charge in [-0.1, -0.05) is 17.7 Å². The van der Waals surface area contributed by atoms with Crippen LogP contribution < -0.4 is 5.32 Å². The molecule has 19 heavy (non-hydrogen) atoms. The number of hydrogen-bond donors (Lipinski definition) is 2. The first kappa shape index (κ1) is 13.2. The standard InChI is InChI=1S/C13H11ClN2O3/c1-8-2-5-13(17)12(6-8)15-11-4-3-9(16(18)19)7-10(11)14/h2-7,15,17H,1H3. The molecule has 0 bridgehead atoms. The van der Waals surface area contributed by atoms with Gasteiger partial charge in [0.25, 0.3) is 5.69 Å². The van der Waals surface area contributed by atoms with E-state index in [1.54, 1.807) is 18.2 Å². The smallest absolute Gasteiger partial charge is 0.271 e. The van der Waals surface area contributed by atoms with Crippen molar-refractivity contribution in [1.82, 2.24) is 0 Å². The van der Waals surface area contributed by atoms with Crippen LogP contribution in [0.3, 0.4) is 0 Å². The van der Waals surface area contributed by atoms with E-state index < -0.39 is 4.92 Å². The van der Waals surface area contributed by atoms with E-state index in [1.807, 2.05) is 6.92 Å². The average molecular weight is 279 g/mol. The summed E-state index contributed by atoms with van der Waals surface area (Å²) in [4.78, 5) is 10.1. The van der Waals surface area contributed by atoms with Crippen molar-refractivity contribution in [1.29, 1.82) is 0 Å². The van der Waals surface area contributed by atoms with Gasteiger partial charge in [0.15, 0.2) is 0 Å². The number of aryl methyl sites for hydroxylation is 1. The summed E-state index contributed by atoms with van der Waals surface area (Å²) in [5.41, 5.74) is 1.88. The zero-order valence-electron chi connectivity index (χ0n) is 10.1. The Morgan fingerprint density at radius 3 is 2.58 bits per heavy atom. The van der Waals surface area contributed by atoms with Gasteiger partial charge < -0.3 is 10.4 Å². The molecule has 0 fully saturated rings. The Balaban J connectivity index is 2.33. The quantitative estimate of drug-likeness (QED) is 0.505. The second-order valence-electron chi connectivity index (χ2n) is 4.07. The van der Waals surface area contributed by atoms with Gasteiger partial charge in [-0.05, 0) is 30.7 Å². The van der Waals surface area contributed by atoms with Gasteiger partial charge >= 0.3 is 0 Å². The molecule has 2 N–H and O–H groups in total. The molecule has 0 heterocycles. The average Bonchev–Trinajstić information content (AvgIpc) is 2.36. The first-order chi connectivity index (χ1) is 8.97. The molecule has 0 amide bonds. The van der Waals surface area contributed by atoms with E-state index in [0.717, 1.165) is 5.56 Å². The van der Waals surface area contributed by atoms with Gasteiger partial charge in [-0.2, -0.15) is 0 Å². The fourth-order valence-electron chi connectivity index (χ4n) is 1.61. The van der Waals surface area contributed by atoms with Crippen LogP contribution >= 0.6 is 11.6 Å². The Morgan fingerprint density at radius 2 is 1.95 bits per heavy atom. The van der Waals surface area contributed by atoms with Crippen LogP contribution in [0.2, 0.25) is 5.02 Å². The van der Waals surface area contributed by atoms with Crippen molar-refractivity contribution in [3.05, 3.63) is 57.1 Å². The number of phenolic OH excluding ortho intramolecular Hbond substituents is 1. The second kappa shape index (κ2) is 5.16. The van der Waals surface area contributed by atoms with Crippen LogP contribution in [0.4, 0.5) is 17.1 Å². The van der Waals surface area contributed by atoms with Crippen molar-refractivity contribution >= 4 is 28.7 Å². The molecule has 2 aromatic rings. The maximum Gasteiger partial charge on any atom is 0.271 e. The van der Waals surface area contributed by atoms with Crippen LogP contribution in [-0.2, 0) is 0 Å². The van der Waals surface area contributed by atoms with Crippen LogP contribution in [0.15, 0.2) is 36.4 Å². The van der Waals surface area contributed by atoms with Gasteiger partial charge in [0.05, 0.1) is 21.3 Å². The molecule has 0 atom stereocenters. The summed E-state index contributed by atoms with van der Waals surface area (Å²) in [6.07, 6.45) is 0. The van der Waals surface area contributed by atoms with E-state index >= 15 is 0 Å². The summed E-state index contributed by atoms with van der Waals surface area (Å²) in [6, 6.07) is 9.21. The lowest BCUT2D eigenvalue weighted by Gasteiger charge is -2.10. The van der Waals surface area contributed by atoms with Crippen molar-refractivity contribution in [3.63, 3.8) is 0 Å². The van der Waals surface area contributed by atoms with E-state index in [1.165, 1.54) is 18.2 Å². The zero-order valence-corrected chi connectivity index (χ0v) is 10.8. The molecule has 0 aliphatic rings. The number of aromatic hydroxyl groups is 1. The number of nitro groups is 1. The lowest BCUT2D eigenvalue weighted by atomic mass is 10.2. The van der Waals surface area contributed by atoms with Crippen LogP contribution in [0, 0.1) is 17.0 Å². The Kier molecular flexibility index (Phi) is 3.57. The number of nitrogens with zero attached hydrogens (tertiary/aromatic N) is 1. The van der Waals surface area contributed by atoms with Gasteiger partial charge in [0.1, 0.15) is 5.75 Å². The van der Waals surface area contributed by atoms with E-state index in [-0.39, 0.29) is 16.5 Å². The Labute approximate surface area is 114 Å². The van der Waals surface area contributed by atoms with Crippen LogP contribution in [-0.4, -0.2) is 10.0 Å². The predicted molar refractivity (Wildman–Crippen MR) is 74.2 cm³/mol. The highest BCUT2D eigenvalue weighted by molar-refractivity contribution is 6.33. The number of non-ortho nitro benzene ring substituents is 1.